The van der Waals surface area contributed by atoms with Gasteiger partial charge in [0.2, 0.25) is 5.43 Å². The van der Waals surface area contributed by atoms with Crippen LogP contribution in [0, 0.1) is 5.82 Å². The topological polar surface area (TPSA) is 101 Å². The number of rotatable bonds is 4. The fourth-order valence-electron chi connectivity index (χ4n) is 4.00. The fraction of sp³-hybridized carbons (Fsp3) is 0.350. The Morgan fingerprint density at radius 3 is 2.71 bits per heavy atom. The Morgan fingerprint density at radius 1 is 1.36 bits per heavy atom. The smallest absolute Gasteiger partial charge is 0.341 e. The minimum Gasteiger partial charge on any atom is -0.477 e. The van der Waals surface area contributed by atoms with E-state index in [-0.39, 0.29) is 16.5 Å². The zero-order valence-corrected chi connectivity index (χ0v) is 15.7. The summed E-state index contributed by atoms with van der Waals surface area (Å²) in [6, 6.07) is 4.49. The van der Waals surface area contributed by atoms with Crippen LogP contribution in [0.3, 0.4) is 0 Å². The molecule has 0 radical (unpaired) electrons. The van der Waals surface area contributed by atoms with Crippen molar-refractivity contribution < 1.29 is 14.3 Å². The van der Waals surface area contributed by atoms with E-state index in [2.05, 4.69) is 11.9 Å². The van der Waals surface area contributed by atoms with Crippen LogP contribution in [-0.2, 0) is 7.05 Å². The van der Waals surface area contributed by atoms with Crippen LogP contribution in [0.5, 0.6) is 0 Å². The first-order chi connectivity index (χ1) is 13.2. The lowest BCUT2D eigenvalue weighted by Crippen LogP contribution is -2.67. The number of halogens is 1. The van der Waals surface area contributed by atoms with Crippen LogP contribution < -0.4 is 16.1 Å². The molecule has 0 spiro atoms. The van der Waals surface area contributed by atoms with Crippen LogP contribution in [-0.4, -0.2) is 39.3 Å². The standard InChI is InChI=1S/C20H21FN4O3/c1-3-4-20(22)9-25(10-20)16-7-15-11(6-14(16)21)5-12-17(26)13(19(27)28)8-24(2)18(12)23-15/h5-8H,3-4,9-10,22H2,1-2H3,(H,27,28). The van der Waals surface area contributed by atoms with Gasteiger partial charge in [0.25, 0.3) is 0 Å². The number of carboxylic acids is 1. The van der Waals surface area contributed by atoms with Gasteiger partial charge in [0.15, 0.2) is 0 Å². The van der Waals surface area contributed by atoms with E-state index < -0.39 is 17.2 Å². The molecule has 2 aromatic heterocycles. The number of hydrogen-bond acceptors (Lipinski definition) is 5. The predicted octanol–water partition coefficient (Wildman–Crippen LogP) is 2.24. The number of pyridine rings is 2. The molecule has 3 N–H and O–H groups in total. The Hall–Kier alpha value is -3.00. The molecule has 7 nitrogen and oxygen atoms in total. The summed E-state index contributed by atoms with van der Waals surface area (Å²) in [7, 11) is 1.63. The van der Waals surface area contributed by atoms with Gasteiger partial charge < -0.3 is 20.3 Å². The van der Waals surface area contributed by atoms with Gasteiger partial charge in [-0.3, -0.25) is 4.79 Å². The summed E-state index contributed by atoms with van der Waals surface area (Å²) in [6.07, 6.45) is 3.11. The second-order valence-corrected chi connectivity index (χ2v) is 7.61. The van der Waals surface area contributed by atoms with E-state index in [1.54, 1.807) is 13.1 Å². The number of carbonyl (C=O) groups is 1. The molecule has 3 aromatic rings. The maximum atomic E-state index is 14.7. The van der Waals surface area contributed by atoms with Crippen molar-refractivity contribution in [1.29, 1.82) is 0 Å². The number of aryl methyl sites for hydroxylation is 1. The predicted molar refractivity (Wildman–Crippen MR) is 105 cm³/mol. The highest BCUT2D eigenvalue weighted by Gasteiger charge is 2.39. The van der Waals surface area contributed by atoms with E-state index in [0.717, 1.165) is 12.8 Å². The zero-order valence-electron chi connectivity index (χ0n) is 15.7. The average molecular weight is 384 g/mol. The van der Waals surface area contributed by atoms with Gasteiger partial charge in [0.1, 0.15) is 17.0 Å². The zero-order chi connectivity index (χ0) is 20.2. The van der Waals surface area contributed by atoms with Crippen molar-refractivity contribution in [3.63, 3.8) is 0 Å². The van der Waals surface area contributed by atoms with E-state index in [0.29, 0.717) is 35.3 Å². The fourth-order valence-corrected chi connectivity index (χ4v) is 4.00. The molecule has 1 fully saturated rings. The molecule has 1 aromatic carbocycles. The molecular formula is C20H21FN4O3. The molecule has 3 heterocycles. The van der Waals surface area contributed by atoms with Crippen LogP contribution in [0.1, 0.15) is 30.1 Å². The lowest BCUT2D eigenvalue weighted by Gasteiger charge is -2.49. The molecule has 1 aliphatic rings. The quantitative estimate of drug-likeness (QED) is 0.669. The van der Waals surface area contributed by atoms with Crippen molar-refractivity contribution in [2.24, 2.45) is 12.8 Å². The number of nitrogens with zero attached hydrogens (tertiary/aromatic N) is 3. The normalized spacial score (nSPS) is 15.8. The van der Waals surface area contributed by atoms with E-state index in [1.165, 1.54) is 22.9 Å². The van der Waals surface area contributed by atoms with Crippen molar-refractivity contribution in [2.45, 2.75) is 25.3 Å². The maximum absolute atomic E-state index is 14.7. The maximum Gasteiger partial charge on any atom is 0.341 e. The van der Waals surface area contributed by atoms with Gasteiger partial charge in [-0.1, -0.05) is 13.3 Å². The Bertz CT molecular complexity index is 1180. The van der Waals surface area contributed by atoms with Crippen molar-refractivity contribution in [3.8, 4) is 0 Å². The van der Waals surface area contributed by atoms with Gasteiger partial charge in [-0.2, -0.15) is 0 Å². The van der Waals surface area contributed by atoms with Gasteiger partial charge in [-0.15, -0.1) is 0 Å². The number of carboxylic acid groups (broad SMARTS) is 1. The first-order valence-electron chi connectivity index (χ1n) is 9.13. The molecule has 0 amide bonds. The van der Waals surface area contributed by atoms with Crippen LogP contribution in [0.2, 0.25) is 0 Å². The molecule has 1 saturated heterocycles. The Labute approximate surface area is 160 Å². The third-order valence-corrected chi connectivity index (χ3v) is 5.34. The number of benzene rings is 1. The van der Waals surface area contributed by atoms with Gasteiger partial charge in [-0.25, -0.2) is 14.2 Å². The van der Waals surface area contributed by atoms with E-state index in [1.807, 2.05) is 4.90 Å². The van der Waals surface area contributed by atoms with Crippen LogP contribution in [0.25, 0.3) is 21.9 Å². The lowest BCUT2D eigenvalue weighted by molar-refractivity contribution is 0.0695. The third kappa shape index (κ3) is 2.80. The van der Waals surface area contributed by atoms with E-state index in [4.69, 9.17) is 5.73 Å². The number of anilines is 1. The van der Waals surface area contributed by atoms with Gasteiger partial charge in [0, 0.05) is 31.7 Å². The van der Waals surface area contributed by atoms with Gasteiger partial charge in [0.05, 0.1) is 22.1 Å². The van der Waals surface area contributed by atoms with Crippen molar-refractivity contribution in [3.05, 3.63) is 46.0 Å². The number of aromatic carboxylic acids is 1. The monoisotopic (exact) mass is 384 g/mol. The summed E-state index contributed by atoms with van der Waals surface area (Å²) >= 11 is 0. The molecule has 28 heavy (non-hydrogen) atoms. The summed E-state index contributed by atoms with van der Waals surface area (Å²) in [5.41, 5.74) is 6.34. The van der Waals surface area contributed by atoms with Crippen LogP contribution in [0.15, 0.2) is 29.2 Å². The summed E-state index contributed by atoms with van der Waals surface area (Å²) in [5, 5.41) is 9.80. The molecule has 0 aliphatic carbocycles. The molecule has 0 bridgehead atoms. The SMILES string of the molecule is CCCC1(N)CN(c2cc3nc4c(cc3cc2F)c(=O)c(C(=O)O)cn4C)C1. The van der Waals surface area contributed by atoms with Crippen molar-refractivity contribution in [2.75, 3.05) is 18.0 Å². The minimum atomic E-state index is -1.31. The molecule has 146 valence electrons. The number of nitrogens with two attached hydrogens (primary N) is 1. The molecule has 1 aliphatic heterocycles. The van der Waals surface area contributed by atoms with E-state index in [9.17, 15) is 19.1 Å². The van der Waals surface area contributed by atoms with Crippen LogP contribution >= 0.6 is 0 Å². The summed E-state index contributed by atoms with van der Waals surface area (Å²) in [6.45, 7) is 3.23. The first kappa shape index (κ1) is 18.4. The second-order valence-electron chi connectivity index (χ2n) is 7.61. The second kappa shape index (κ2) is 6.27. The Balaban J connectivity index is 1.84. The number of aromatic nitrogens is 2. The lowest BCUT2D eigenvalue weighted by atomic mass is 9.86. The molecule has 8 heteroatoms. The molecular weight excluding hydrogens is 363 g/mol. The van der Waals surface area contributed by atoms with Gasteiger partial charge >= 0.3 is 5.97 Å². The Morgan fingerprint density at radius 2 is 2.07 bits per heavy atom. The molecule has 4 rings (SSSR count). The van der Waals surface area contributed by atoms with Crippen molar-refractivity contribution in [1.82, 2.24) is 9.55 Å². The largest absolute Gasteiger partial charge is 0.477 e. The Kier molecular flexibility index (Phi) is 4.11. The number of hydrogen-bond donors (Lipinski definition) is 2. The summed E-state index contributed by atoms with van der Waals surface area (Å²) < 4.78 is 16.2. The van der Waals surface area contributed by atoms with E-state index >= 15 is 0 Å². The highest BCUT2D eigenvalue weighted by molar-refractivity contribution is 5.96. The third-order valence-electron chi connectivity index (χ3n) is 5.34. The summed E-state index contributed by atoms with van der Waals surface area (Å²) in [4.78, 5) is 30.1. The first-order valence-corrected chi connectivity index (χ1v) is 9.13. The molecule has 0 unspecified atom stereocenters. The average Bonchev–Trinajstić information content (AvgIpc) is 2.61. The van der Waals surface area contributed by atoms with Crippen LogP contribution in [0.4, 0.5) is 10.1 Å². The summed E-state index contributed by atoms with van der Waals surface area (Å²) in [5.74, 6) is -1.72. The molecule has 0 atom stereocenters. The minimum absolute atomic E-state index is 0.148. The highest BCUT2D eigenvalue weighted by atomic mass is 19.1. The highest BCUT2D eigenvalue weighted by Crippen LogP contribution is 2.33. The number of fused-ring (bicyclic) bond motifs is 2. The van der Waals surface area contributed by atoms with Gasteiger partial charge in [-0.05, 0) is 24.6 Å². The van der Waals surface area contributed by atoms with Crippen molar-refractivity contribution >= 4 is 33.6 Å². The molecule has 0 saturated carbocycles.